The zero-order chi connectivity index (χ0) is 77.6. The Bertz CT molecular complexity index is 3050. The number of amides is 13. The number of benzene rings is 1. The van der Waals surface area contributed by atoms with Gasteiger partial charge >= 0.3 is 11.9 Å². The van der Waals surface area contributed by atoms with Crippen molar-refractivity contribution in [3.63, 3.8) is 0 Å². The summed E-state index contributed by atoms with van der Waals surface area (Å²) in [6.07, 6.45) is -1.54. The molecule has 2 rings (SSSR count). The van der Waals surface area contributed by atoms with Crippen LogP contribution in [0, 0.1) is 11.8 Å². The molecule has 27 N–H and O–H groups in total. The second kappa shape index (κ2) is 46.8. The van der Waals surface area contributed by atoms with Crippen LogP contribution < -0.4 is 92.9 Å². The van der Waals surface area contributed by atoms with E-state index in [4.69, 9.17) is 39.5 Å². The maximum Gasteiger partial charge on any atom is 0.322 e. The van der Waals surface area contributed by atoms with Gasteiger partial charge in [-0.05, 0) is 121 Å². The van der Waals surface area contributed by atoms with Crippen molar-refractivity contribution >= 4 is 94.7 Å². The van der Waals surface area contributed by atoms with Crippen molar-refractivity contribution in [3.8, 4) is 0 Å². The number of carbonyl (C=O) groups is 15. The molecule has 13 unspecified atom stereocenters. The van der Waals surface area contributed by atoms with Crippen molar-refractivity contribution in [2.75, 3.05) is 39.3 Å². The summed E-state index contributed by atoms with van der Waals surface area (Å²) in [6, 6.07) is -9.96. The van der Waals surface area contributed by atoms with Gasteiger partial charge in [0.05, 0.1) is 25.2 Å². The van der Waals surface area contributed by atoms with Gasteiger partial charge in [0, 0.05) is 25.9 Å². The van der Waals surface area contributed by atoms with E-state index in [0.717, 1.165) is 11.8 Å². The van der Waals surface area contributed by atoms with Crippen molar-refractivity contribution in [2.45, 2.75) is 223 Å². The molecule has 13 atom stereocenters. The molecule has 0 radical (unpaired) electrons. The molecule has 0 bridgehead atoms. The van der Waals surface area contributed by atoms with E-state index in [1.165, 1.54) is 6.92 Å². The monoisotopic (exact) mass is 1460 g/mol. The fourth-order valence-corrected chi connectivity index (χ4v) is 10.8. The number of unbranched alkanes of at least 4 members (excludes halogenated alkanes) is 2. The van der Waals surface area contributed by atoms with Gasteiger partial charge in [0.15, 0.2) is 5.96 Å². The number of primary amides is 1. The molecule has 38 heteroatoms. The lowest BCUT2D eigenvalue weighted by molar-refractivity contribution is -0.143. The Morgan fingerprint density at radius 3 is 1.54 bits per heavy atom. The van der Waals surface area contributed by atoms with Crippen molar-refractivity contribution < 1.29 is 92.3 Å². The molecule has 0 aliphatic carbocycles. The maximum absolute atomic E-state index is 14.4. The zero-order valence-electron chi connectivity index (χ0n) is 59.4. The first-order valence-corrected chi connectivity index (χ1v) is 34.4. The van der Waals surface area contributed by atoms with Gasteiger partial charge in [0.2, 0.25) is 76.8 Å². The van der Waals surface area contributed by atoms with E-state index in [9.17, 15) is 87.2 Å². The number of carbonyl (C=O) groups excluding carboxylic acids is 13. The van der Waals surface area contributed by atoms with E-state index in [1.54, 1.807) is 58.0 Å². The fraction of sp³-hybridized carbons (Fsp3) is 0.662. The van der Waals surface area contributed by atoms with Crippen molar-refractivity contribution in [3.05, 3.63) is 35.9 Å². The minimum Gasteiger partial charge on any atom is -0.481 e. The number of nitrogens with two attached hydrogens (primary N) is 6. The highest BCUT2D eigenvalue weighted by Crippen LogP contribution is 2.21. The van der Waals surface area contributed by atoms with Crippen LogP contribution in [-0.4, -0.2) is 238 Å². The Labute approximate surface area is 597 Å². The predicted molar refractivity (Wildman–Crippen MR) is 373 cm³/mol. The zero-order valence-corrected chi connectivity index (χ0v) is 59.4. The quantitative estimate of drug-likeness (QED) is 0.0164. The molecule has 38 nitrogen and oxygen atoms in total. The third kappa shape index (κ3) is 33.8. The summed E-state index contributed by atoms with van der Waals surface area (Å²) in [5.41, 5.74) is 34.5. The van der Waals surface area contributed by atoms with Crippen LogP contribution in [0.3, 0.4) is 0 Å². The summed E-state index contributed by atoms with van der Waals surface area (Å²) in [6.45, 7) is 7.85. The number of aliphatic imine (C=N–C) groups is 1. The van der Waals surface area contributed by atoms with Gasteiger partial charge in [-0.2, -0.15) is 0 Å². The van der Waals surface area contributed by atoms with Crippen molar-refractivity contribution in [1.29, 1.82) is 0 Å². The second-order valence-electron chi connectivity index (χ2n) is 26.1. The Hall–Kier alpha value is -9.66. The first-order valence-electron chi connectivity index (χ1n) is 34.4. The highest BCUT2D eigenvalue weighted by molar-refractivity contribution is 6.00. The maximum atomic E-state index is 14.4. The number of nitrogens with one attached hydrogen (secondary N) is 11. The second-order valence-corrected chi connectivity index (χ2v) is 26.1. The predicted octanol–water partition coefficient (Wildman–Crippen LogP) is -6.87. The molecule has 1 aromatic carbocycles. The molecule has 0 spiro atoms. The van der Waals surface area contributed by atoms with Gasteiger partial charge in [-0.1, -0.05) is 64.4 Å². The summed E-state index contributed by atoms with van der Waals surface area (Å²) >= 11 is 0. The Kier molecular flexibility index (Phi) is 40.6. The van der Waals surface area contributed by atoms with Crippen LogP contribution in [0.25, 0.3) is 0 Å². The number of aliphatic hydroxyl groups is 2. The number of aliphatic carboxylic acids is 2. The van der Waals surface area contributed by atoms with Crippen LogP contribution in [0.5, 0.6) is 0 Å². The summed E-state index contributed by atoms with van der Waals surface area (Å²) in [7, 11) is 0. The Morgan fingerprint density at radius 2 is 1.01 bits per heavy atom. The van der Waals surface area contributed by atoms with Crippen LogP contribution in [0.15, 0.2) is 35.3 Å². The SMILES string of the molecule is CC(C)CC(NC(=O)C(CCCCN)NC(=O)C(N)CCCCN)C(=O)NC(CC(N)=O)C(=O)NC(CCCN=C(N)N)C(=O)NC(C(=O)NC(CC(C)C)C(=O)NC(CO)C(=O)NC(Cc1ccccc1)C(=O)NC(C)C(=O)NC(CCC(=O)O)C(=O)N1CCCC1C(=O)NCC(=O)O)C(C)O. The molecule has 0 saturated carbocycles. The molecule has 578 valence electrons. The average Bonchev–Trinajstić information content (AvgIpc) is 1.77. The Morgan fingerprint density at radius 1 is 0.534 bits per heavy atom. The summed E-state index contributed by atoms with van der Waals surface area (Å²) in [5.74, 6) is -16.5. The first-order chi connectivity index (χ1) is 48.5. The molecule has 1 saturated heterocycles. The van der Waals surface area contributed by atoms with E-state index in [2.05, 4.69) is 63.5 Å². The van der Waals surface area contributed by atoms with E-state index in [0.29, 0.717) is 44.2 Å². The number of likely N-dealkylation sites (tertiary alicyclic amines) is 1. The van der Waals surface area contributed by atoms with Crippen LogP contribution in [0.2, 0.25) is 0 Å². The van der Waals surface area contributed by atoms with Crippen LogP contribution in [0.4, 0.5) is 0 Å². The van der Waals surface area contributed by atoms with E-state index in [1.807, 2.05) is 0 Å². The van der Waals surface area contributed by atoms with Gasteiger partial charge in [-0.3, -0.25) is 76.9 Å². The number of hydrogen-bond acceptors (Lipinski definition) is 21. The molecular weight excluding hydrogens is 1350 g/mol. The van der Waals surface area contributed by atoms with Crippen LogP contribution >= 0.6 is 0 Å². The number of guanidine groups is 1. The fourth-order valence-electron chi connectivity index (χ4n) is 10.8. The minimum absolute atomic E-state index is 0.0142. The van der Waals surface area contributed by atoms with Crippen LogP contribution in [0.1, 0.15) is 143 Å². The molecule has 1 heterocycles. The number of rotatable bonds is 49. The molecule has 1 aliphatic heterocycles. The molecule has 1 aromatic rings. The standard InChI is InChI=1S/C65H109N19O19/c1-34(2)28-43(78-55(94)40(19-11-13-25-67)75-54(93)39(68)18-10-12-24-66)58(97)80-46(31-49(69)87)60(99)76-41(20-14-26-72-65(70)71)56(95)83-52(37(6)86)63(102)81-44(29-35(3)4)59(98)82-47(33-85)61(100)79-45(30-38-16-8-7-9-17-38)57(96)74-36(5)53(92)77-42(22-23-50(88)89)64(103)84-27-15-21-48(84)62(101)73-32-51(90)91/h7-9,16-17,34-37,39-48,52,85-86H,10-15,18-33,66-68H2,1-6H3,(H2,69,87)(H,73,101)(H,74,96)(H,75,93)(H,76,99)(H,77,92)(H,78,94)(H,79,100)(H,80,97)(H,81,102)(H,82,98)(H,83,95)(H,88,89)(H,90,91)(H4,70,71,72). The third-order valence-corrected chi connectivity index (χ3v) is 16.2. The Balaban J connectivity index is 2.44. The van der Waals surface area contributed by atoms with Gasteiger partial charge in [-0.25, -0.2) is 0 Å². The van der Waals surface area contributed by atoms with E-state index < -0.39 is 206 Å². The highest BCUT2D eigenvalue weighted by atomic mass is 16.4. The number of nitrogens with zero attached hydrogens (tertiary/aromatic N) is 2. The first kappa shape index (κ1) is 89.4. The van der Waals surface area contributed by atoms with Gasteiger partial charge in [0.25, 0.3) is 0 Å². The largest absolute Gasteiger partial charge is 0.481 e. The number of carboxylic acids is 2. The van der Waals surface area contributed by atoms with Gasteiger partial charge in [-0.15, -0.1) is 0 Å². The average molecular weight is 1460 g/mol. The smallest absolute Gasteiger partial charge is 0.322 e. The minimum atomic E-state index is -1.92. The molecule has 13 amide bonds. The number of carboxylic acid groups (broad SMARTS) is 2. The molecular formula is C65H109N19O19. The van der Waals surface area contributed by atoms with Crippen LogP contribution in [-0.2, 0) is 78.3 Å². The summed E-state index contributed by atoms with van der Waals surface area (Å²) < 4.78 is 0. The molecule has 103 heavy (non-hydrogen) atoms. The van der Waals surface area contributed by atoms with E-state index >= 15 is 0 Å². The molecule has 1 aliphatic rings. The third-order valence-electron chi connectivity index (χ3n) is 16.2. The molecule has 0 aromatic heterocycles. The normalized spacial score (nSPS) is 16.1. The lowest BCUT2D eigenvalue weighted by Gasteiger charge is -2.29. The topological polar surface area (TPSA) is 641 Å². The lowest BCUT2D eigenvalue weighted by atomic mass is 10.0. The van der Waals surface area contributed by atoms with Crippen molar-refractivity contribution in [2.24, 2.45) is 51.2 Å². The number of hydrogen-bond donors (Lipinski definition) is 21. The highest BCUT2D eigenvalue weighted by Gasteiger charge is 2.41. The number of aliphatic hydroxyl groups excluding tert-OH is 2. The molecule has 1 fully saturated rings. The van der Waals surface area contributed by atoms with Gasteiger partial charge in [0.1, 0.15) is 73.0 Å². The van der Waals surface area contributed by atoms with E-state index in [-0.39, 0.29) is 82.9 Å². The lowest BCUT2D eigenvalue weighted by Crippen LogP contribution is -2.62. The van der Waals surface area contributed by atoms with Crippen molar-refractivity contribution in [1.82, 2.24) is 63.4 Å². The van der Waals surface area contributed by atoms with Gasteiger partial charge < -0.3 is 118 Å². The summed E-state index contributed by atoms with van der Waals surface area (Å²) in [4.78, 5) is 207. The summed E-state index contributed by atoms with van der Waals surface area (Å²) in [5, 5.41) is 67.0.